The standard InChI is InChI=1S/C9H14O2/c1-7-4-5-8(10-2)9(6-7)11-3/h4-5,7H,6H2,1-3H3/t7-/m1/s1. The molecule has 0 aromatic carbocycles. The maximum atomic E-state index is 5.17. The minimum Gasteiger partial charge on any atom is -0.497 e. The average molecular weight is 154 g/mol. The molecule has 0 amide bonds. The smallest absolute Gasteiger partial charge is 0.156 e. The Morgan fingerprint density at radius 1 is 1.36 bits per heavy atom. The van der Waals surface area contributed by atoms with Gasteiger partial charge in [-0.15, -0.1) is 0 Å². The molecular weight excluding hydrogens is 140 g/mol. The first-order valence-electron chi connectivity index (χ1n) is 3.77. The fourth-order valence-electron chi connectivity index (χ4n) is 1.17. The Morgan fingerprint density at radius 3 is 2.64 bits per heavy atom. The van der Waals surface area contributed by atoms with Gasteiger partial charge in [-0.2, -0.15) is 0 Å². The first kappa shape index (κ1) is 8.18. The highest BCUT2D eigenvalue weighted by molar-refractivity contribution is 5.22. The maximum absolute atomic E-state index is 5.17. The van der Waals surface area contributed by atoms with Crippen LogP contribution in [0, 0.1) is 5.92 Å². The molecular formula is C9H14O2. The van der Waals surface area contributed by atoms with Crippen molar-refractivity contribution in [3.8, 4) is 0 Å². The van der Waals surface area contributed by atoms with Crippen molar-refractivity contribution in [3.05, 3.63) is 23.7 Å². The van der Waals surface area contributed by atoms with Gasteiger partial charge in [-0.3, -0.25) is 0 Å². The summed E-state index contributed by atoms with van der Waals surface area (Å²) < 4.78 is 10.3. The normalized spacial score (nSPS) is 23.7. The van der Waals surface area contributed by atoms with Crippen molar-refractivity contribution in [1.82, 2.24) is 0 Å². The summed E-state index contributed by atoms with van der Waals surface area (Å²) in [5, 5.41) is 0. The zero-order valence-corrected chi connectivity index (χ0v) is 7.26. The number of hydrogen-bond donors (Lipinski definition) is 0. The van der Waals surface area contributed by atoms with E-state index in [4.69, 9.17) is 9.47 Å². The number of methoxy groups -OCH3 is 2. The van der Waals surface area contributed by atoms with Gasteiger partial charge in [-0.25, -0.2) is 0 Å². The first-order chi connectivity index (χ1) is 5.27. The molecule has 2 heteroatoms. The Kier molecular flexibility index (Phi) is 2.58. The van der Waals surface area contributed by atoms with Crippen molar-refractivity contribution in [2.24, 2.45) is 5.92 Å². The van der Waals surface area contributed by atoms with Gasteiger partial charge in [0.05, 0.1) is 14.2 Å². The minimum absolute atomic E-state index is 0.559. The lowest BCUT2D eigenvalue weighted by molar-refractivity contribution is 0.211. The molecule has 0 saturated carbocycles. The van der Waals surface area contributed by atoms with E-state index in [1.807, 2.05) is 6.08 Å². The second-order valence-electron chi connectivity index (χ2n) is 2.74. The summed E-state index contributed by atoms with van der Waals surface area (Å²) in [5.41, 5.74) is 0. The third kappa shape index (κ3) is 1.76. The van der Waals surface area contributed by atoms with Gasteiger partial charge < -0.3 is 9.47 Å². The second kappa shape index (κ2) is 3.46. The Balaban J connectivity index is 2.76. The lowest BCUT2D eigenvalue weighted by Gasteiger charge is -2.17. The van der Waals surface area contributed by atoms with Gasteiger partial charge in [0.25, 0.3) is 0 Å². The maximum Gasteiger partial charge on any atom is 0.156 e. The molecule has 0 unspecified atom stereocenters. The topological polar surface area (TPSA) is 18.5 Å². The average Bonchev–Trinajstić information content (AvgIpc) is 2.04. The third-order valence-corrected chi connectivity index (χ3v) is 1.82. The SMILES string of the molecule is COC1=C(OC)C[C@H](C)C=C1. The van der Waals surface area contributed by atoms with Gasteiger partial charge in [0.15, 0.2) is 5.76 Å². The van der Waals surface area contributed by atoms with Crippen LogP contribution in [0.5, 0.6) is 0 Å². The summed E-state index contributed by atoms with van der Waals surface area (Å²) in [6, 6.07) is 0. The van der Waals surface area contributed by atoms with E-state index < -0.39 is 0 Å². The molecule has 0 fully saturated rings. The molecule has 0 bridgehead atoms. The quantitative estimate of drug-likeness (QED) is 0.606. The van der Waals surface area contributed by atoms with E-state index >= 15 is 0 Å². The molecule has 0 aliphatic heterocycles. The van der Waals surface area contributed by atoms with Crippen LogP contribution in [0.4, 0.5) is 0 Å². The molecule has 1 aliphatic carbocycles. The van der Waals surface area contributed by atoms with E-state index in [2.05, 4.69) is 13.0 Å². The van der Waals surface area contributed by atoms with Crippen LogP contribution >= 0.6 is 0 Å². The highest BCUT2D eigenvalue weighted by atomic mass is 16.5. The predicted octanol–water partition coefficient (Wildman–Crippen LogP) is 2.09. The molecule has 0 saturated heterocycles. The molecule has 1 rings (SSSR count). The molecule has 0 aromatic heterocycles. The number of allylic oxidation sites excluding steroid dienone is 3. The zero-order chi connectivity index (χ0) is 8.27. The lowest BCUT2D eigenvalue weighted by Crippen LogP contribution is -2.04. The fourth-order valence-corrected chi connectivity index (χ4v) is 1.17. The van der Waals surface area contributed by atoms with Crippen LogP contribution in [-0.4, -0.2) is 14.2 Å². The Hall–Kier alpha value is -0.920. The van der Waals surface area contributed by atoms with Gasteiger partial charge >= 0.3 is 0 Å². The molecule has 2 nitrogen and oxygen atoms in total. The van der Waals surface area contributed by atoms with Crippen molar-refractivity contribution >= 4 is 0 Å². The molecule has 11 heavy (non-hydrogen) atoms. The van der Waals surface area contributed by atoms with E-state index in [0.29, 0.717) is 5.92 Å². The number of hydrogen-bond acceptors (Lipinski definition) is 2. The monoisotopic (exact) mass is 154 g/mol. The summed E-state index contributed by atoms with van der Waals surface area (Å²) >= 11 is 0. The van der Waals surface area contributed by atoms with Crippen LogP contribution in [0.3, 0.4) is 0 Å². The molecule has 0 radical (unpaired) electrons. The van der Waals surface area contributed by atoms with E-state index in [-0.39, 0.29) is 0 Å². The van der Waals surface area contributed by atoms with Crippen molar-refractivity contribution < 1.29 is 9.47 Å². The van der Waals surface area contributed by atoms with Crippen LogP contribution in [0.15, 0.2) is 23.7 Å². The Morgan fingerprint density at radius 2 is 2.09 bits per heavy atom. The van der Waals surface area contributed by atoms with E-state index in [0.717, 1.165) is 17.9 Å². The molecule has 0 N–H and O–H groups in total. The Labute approximate surface area is 67.5 Å². The van der Waals surface area contributed by atoms with E-state index in [1.54, 1.807) is 14.2 Å². The largest absolute Gasteiger partial charge is 0.497 e. The summed E-state index contributed by atoms with van der Waals surface area (Å²) in [6.07, 6.45) is 5.03. The summed E-state index contributed by atoms with van der Waals surface area (Å²) in [5.74, 6) is 2.36. The van der Waals surface area contributed by atoms with Crippen LogP contribution in [0.2, 0.25) is 0 Å². The molecule has 0 spiro atoms. The summed E-state index contributed by atoms with van der Waals surface area (Å²) in [4.78, 5) is 0. The number of rotatable bonds is 2. The zero-order valence-electron chi connectivity index (χ0n) is 7.26. The highest BCUT2D eigenvalue weighted by Gasteiger charge is 2.13. The van der Waals surface area contributed by atoms with Crippen LogP contribution in [0.25, 0.3) is 0 Å². The molecule has 1 atom stereocenters. The van der Waals surface area contributed by atoms with Crippen molar-refractivity contribution in [1.29, 1.82) is 0 Å². The highest BCUT2D eigenvalue weighted by Crippen LogP contribution is 2.23. The minimum atomic E-state index is 0.559. The van der Waals surface area contributed by atoms with Gasteiger partial charge in [-0.1, -0.05) is 13.0 Å². The van der Waals surface area contributed by atoms with Crippen LogP contribution in [0.1, 0.15) is 13.3 Å². The first-order valence-corrected chi connectivity index (χ1v) is 3.77. The van der Waals surface area contributed by atoms with Gasteiger partial charge in [0, 0.05) is 6.42 Å². The molecule has 62 valence electrons. The van der Waals surface area contributed by atoms with E-state index in [9.17, 15) is 0 Å². The van der Waals surface area contributed by atoms with Gasteiger partial charge in [0.1, 0.15) is 5.76 Å². The predicted molar refractivity (Wildman–Crippen MR) is 44.0 cm³/mol. The van der Waals surface area contributed by atoms with Gasteiger partial charge in [0.2, 0.25) is 0 Å². The van der Waals surface area contributed by atoms with Crippen molar-refractivity contribution in [3.63, 3.8) is 0 Å². The summed E-state index contributed by atoms with van der Waals surface area (Å²) in [7, 11) is 3.34. The summed E-state index contributed by atoms with van der Waals surface area (Å²) in [6.45, 7) is 2.15. The molecule has 0 aromatic rings. The van der Waals surface area contributed by atoms with Crippen molar-refractivity contribution in [2.75, 3.05) is 14.2 Å². The third-order valence-electron chi connectivity index (χ3n) is 1.82. The van der Waals surface area contributed by atoms with E-state index in [1.165, 1.54) is 0 Å². The second-order valence-corrected chi connectivity index (χ2v) is 2.74. The van der Waals surface area contributed by atoms with Gasteiger partial charge in [-0.05, 0) is 12.0 Å². The number of ether oxygens (including phenoxy) is 2. The van der Waals surface area contributed by atoms with Crippen LogP contribution < -0.4 is 0 Å². The molecule has 1 aliphatic rings. The van der Waals surface area contributed by atoms with Crippen molar-refractivity contribution in [2.45, 2.75) is 13.3 Å². The lowest BCUT2D eigenvalue weighted by atomic mass is 10.0. The fraction of sp³-hybridized carbons (Fsp3) is 0.556. The Bertz CT molecular complexity index is 192. The molecule has 0 heterocycles. The van der Waals surface area contributed by atoms with Crippen LogP contribution in [-0.2, 0) is 9.47 Å².